The summed E-state index contributed by atoms with van der Waals surface area (Å²) < 4.78 is 3.34. The highest BCUT2D eigenvalue weighted by atomic mass is 16.4. The van der Waals surface area contributed by atoms with Gasteiger partial charge in [0.25, 0.3) is 0 Å². The lowest BCUT2D eigenvalue weighted by Crippen LogP contribution is -2.19. The van der Waals surface area contributed by atoms with Crippen LogP contribution < -0.4 is 5.32 Å². The molecule has 0 fully saturated rings. The van der Waals surface area contributed by atoms with Gasteiger partial charge in [-0.3, -0.25) is 9.36 Å². The number of aryl methyl sites for hydroxylation is 2. The minimum absolute atomic E-state index is 0.231. The molecule has 2 rings (SSSR count). The van der Waals surface area contributed by atoms with E-state index >= 15 is 0 Å². The van der Waals surface area contributed by atoms with Gasteiger partial charge < -0.3 is 10.4 Å². The molecule has 7 nitrogen and oxygen atoms in total. The van der Waals surface area contributed by atoms with Crippen LogP contribution in [-0.4, -0.2) is 30.6 Å². The summed E-state index contributed by atoms with van der Waals surface area (Å²) in [6.45, 7) is 1.07. The third-order valence-electron chi connectivity index (χ3n) is 2.81. The normalized spacial score (nSPS) is 10.8. The van der Waals surface area contributed by atoms with E-state index in [1.54, 1.807) is 22.6 Å². The van der Waals surface area contributed by atoms with Gasteiger partial charge in [0.15, 0.2) is 0 Å². The van der Waals surface area contributed by atoms with E-state index in [9.17, 15) is 4.79 Å². The third-order valence-corrected chi connectivity index (χ3v) is 2.81. The zero-order valence-corrected chi connectivity index (χ0v) is 10.3. The Labute approximate surface area is 104 Å². The van der Waals surface area contributed by atoms with Gasteiger partial charge in [-0.1, -0.05) is 0 Å². The van der Waals surface area contributed by atoms with E-state index in [-0.39, 0.29) is 5.56 Å². The second kappa shape index (κ2) is 5.01. The summed E-state index contributed by atoms with van der Waals surface area (Å²) in [5.41, 5.74) is 1.92. The molecular formula is C11H15N5O2. The first-order valence-corrected chi connectivity index (χ1v) is 5.51. The molecule has 0 bridgehead atoms. The lowest BCUT2D eigenvalue weighted by Gasteiger charge is -2.06. The van der Waals surface area contributed by atoms with Crippen LogP contribution in [0.15, 0.2) is 18.5 Å². The van der Waals surface area contributed by atoms with Gasteiger partial charge in [0.1, 0.15) is 5.56 Å². The number of hydrogen-bond donors (Lipinski definition) is 2. The first-order valence-electron chi connectivity index (χ1n) is 5.51. The molecule has 2 heterocycles. The number of nitrogens with one attached hydrogen (secondary N) is 1. The van der Waals surface area contributed by atoms with Gasteiger partial charge >= 0.3 is 5.97 Å². The number of aromatic carboxylic acids is 1. The van der Waals surface area contributed by atoms with E-state index < -0.39 is 5.97 Å². The van der Waals surface area contributed by atoms with Crippen molar-refractivity contribution in [1.29, 1.82) is 0 Å². The van der Waals surface area contributed by atoms with Gasteiger partial charge in [-0.25, -0.2) is 4.79 Å². The summed E-state index contributed by atoms with van der Waals surface area (Å²) >= 11 is 0. The lowest BCUT2D eigenvalue weighted by atomic mass is 10.2. The second-order valence-electron chi connectivity index (χ2n) is 3.98. The highest BCUT2D eigenvalue weighted by Gasteiger charge is 2.14. The number of carboxylic acid groups (broad SMARTS) is 1. The summed E-state index contributed by atoms with van der Waals surface area (Å²) in [7, 11) is 3.59. The SMILES string of the molecule is Cn1nccc1CNCc1c(C(=O)O)cnn1C. The van der Waals surface area contributed by atoms with Crippen LogP contribution in [0.3, 0.4) is 0 Å². The summed E-state index contributed by atoms with van der Waals surface area (Å²) in [4.78, 5) is 11.0. The lowest BCUT2D eigenvalue weighted by molar-refractivity contribution is 0.0695. The minimum atomic E-state index is -0.958. The molecule has 0 spiro atoms. The summed E-state index contributed by atoms with van der Waals surface area (Å²) in [5, 5.41) is 20.2. The smallest absolute Gasteiger partial charge is 0.339 e. The Kier molecular flexibility index (Phi) is 3.42. The van der Waals surface area contributed by atoms with Crippen LogP contribution in [0, 0.1) is 0 Å². The Morgan fingerprint density at radius 1 is 1.33 bits per heavy atom. The fraction of sp³-hybridized carbons (Fsp3) is 0.364. The minimum Gasteiger partial charge on any atom is -0.478 e. The van der Waals surface area contributed by atoms with E-state index in [1.807, 2.05) is 13.1 Å². The fourth-order valence-electron chi connectivity index (χ4n) is 1.73. The number of aromatic nitrogens is 4. The molecule has 18 heavy (non-hydrogen) atoms. The topological polar surface area (TPSA) is 85.0 Å². The zero-order chi connectivity index (χ0) is 13.1. The van der Waals surface area contributed by atoms with Crippen molar-refractivity contribution in [3.05, 3.63) is 35.4 Å². The molecule has 0 aliphatic carbocycles. The average Bonchev–Trinajstić information content (AvgIpc) is 2.87. The van der Waals surface area contributed by atoms with Crippen molar-refractivity contribution >= 4 is 5.97 Å². The van der Waals surface area contributed by atoms with Crippen LogP contribution in [0.4, 0.5) is 0 Å². The molecule has 0 aliphatic rings. The molecule has 2 N–H and O–H groups in total. The van der Waals surface area contributed by atoms with Crippen LogP contribution in [0.1, 0.15) is 21.7 Å². The van der Waals surface area contributed by atoms with Crippen LogP contribution in [0.5, 0.6) is 0 Å². The number of carboxylic acids is 1. The van der Waals surface area contributed by atoms with Crippen molar-refractivity contribution in [3.8, 4) is 0 Å². The molecule has 0 aromatic carbocycles. The maximum atomic E-state index is 11.0. The zero-order valence-electron chi connectivity index (χ0n) is 10.3. The molecule has 2 aromatic rings. The maximum Gasteiger partial charge on any atom is 0.339 e. The monoisotopic (exact) mass is 249 g/mol. The molecule has 0 radical (unpaired) electrons. The predicted octanol–water partition coefficient (Wildman–Crippen LogP) is 0.142. The number of rotatable bonds is 5. The standard InChI is InChI=1S/C11H15N5O2/c1-15-8(3-4-13-15)5-12-7-10-9(11(17)18)6-14-16(10)2/h3-4,6,12H,5,7H2,1-2H3,(H,17,18). The Morgan fingerprint density at radius 2 is 2.11 bits per heavy atom. The molecule has 2 aromatic heterocycles. The van der Waals surface area contributed by atoms with Crippen molar-refractivity contribution in [2.75, 3.05) is 0 Å². The van der Waals surface area contributed by atoms with Crippen LogP contribution in [0.25, 0.3) is 0 Å². The summed E-state index contributed by atoms with van der Waals surface area (Å²) in [6.07, 6.45) is 3.09. The molecule has 0 amide bonds. The molecule has 0 saturated heterocycles. The van der Waals surface area contributed by atoms with Crippen LogP contribution in [-0.2, 0) is 27.2 Å². The highest BCUT2D eigenvalue weighted by Crippen LogP contribution is 2.07. The van der Waals surface area contributed by atoms with E-state index in [1.165, 1.54) is 6.20 Å². The van der Waals surface area contributed by atoms with Crippen LogP contribution >= 0.6 is 0 Å². The number of hydrogen-bond acceptors (Lipinski definition) is 4. The molecule has 0 unspecified atom stereocenters. The average molecular weight is 249 g/mol. The molecule has 96 valence electrons. The van der Waals surface area contributed by atoms with Crippen molar-refractivity contribution in [2.45, 2.75) is 13.1 Å². The molecule has 0 atom stereocenters. The Hall–Kier alpha value is -2.15. The quantitative estimate of drug-likeness (QED) is 0.787. The van der Waals surface area contributed by atoms with E-state index in [2.05, 4.69) is 15.5 Å². The summed E-state index contributed by atoms with van der Waals surface area (Å²) in [6, 6.07) is 1.91. The molecule has 0 aliphatic heterocycles. The first-order chi connectivity index (χ1) is 8.59. The Morgan fingerprint density at radius 3 is 2.72 bits per heavy atom. The van der Waals surface area contributed by atoms with E-state index in [4.69, 9.17) is 5.11 Å². The number of carbonyl (C=O) groups is 1. The molecular weight excluding hydrogens is 234 g/mol. The maximum absolute atomic E-state index is 11.0. The van der Waals surface area contributed by atoms with Crippen molar-refractivity contribution in [1.82, 2.24) is 24.9 Å². The van der Waals surface area contributed by atoms with Gasteiger partial charge in [0.05, 0.1) is 17.6 Å². The predicted molar refractivity (Wildman–Crippen MR) is 63.9 cm³/mol. The highest BCUT2D eigenvalue weighted by molar-refractivity contribution is 5.88. The van der Waals surface area contributed by atoms with Gasteiger partial charge in [-0.15, -0.1) is 0 Å². The van der Waals surface area contributed by atoms with Crippen molar-refractivity contribution in [3.63, 3.8) is 0 Å². The first kappa shape index (κ1) is 12.3. The van der Waals surface area contributed by atoms with Gasteiger partial charge in [-0.05, 0) is 6.07 Å². The van der Waals surface area contributed by atoms with Crippen LogP contribution in [0.2, 0.25) is 0 Å². The van der Waals surface area contributed by atoms with Crippen molar-refractivity contribution in [2.24, 2.45) is 14.1 Å². The van der Waals surface area contributed by atoms with Gasteiger partial charge in [0, 0.05) is 33.4 Å². The van der Waals surface area contributed by atoms with Gasteiger partial charge in [-0.2, -0.15) is 10.2 Å². The Bertz CT molecular complexity index is 558. The molecule has 0 saturated carbocycles. The van der Waals surface area contributed by atoms with E-state index in [0.717, 1.165) is 5.69 Å². The van der Waals surface area contributed by atoms with E-state index in [0.29, 0.717) is 18.8 Å². The van der Waals surface area contributed by atoms with Gasteiger partial charge in [0.2, 0.25) is 0 Å². The van der Waals surface area contributed by atoms with Crippen molar-refractivity contribution < 1.29 is 9.90 Å². The third kappa shape index (κ3) is 2.40. The largest absolute Gasteiger partial charge is 0.478 e. The Balaban J connectivity index is 2.00. The fourth-order valence-corrected chi connectivity index (χ4v) is 1.73. The molecule has 7 heteroatoms. The number of nitrogens with zero attached hydrogens (tertiary/aromatic N) is 4. The summed E-state index contributed by atoms with van der Waals surface area (Å²) in [5.74, 6) is -0.958. The second-order valence-corrected chi connectivity index (χ2v) is 3.98.